The van der Waals surface area contributed by atoms with Crippen molar-refractivity contribution in [3.05, 3.63) is 34.1 Å². The highest BCUT2D eigenvalue weighted by atomic mass is 79.9. The molecule has 1 saturated carbocycles. The van der Waals surface area contributed by atoms with Gasteiger partial charge >= 0.3 is 5.97 Å². The molecule has 2 rings (SSSR count). The molecular formula is C15H19BrFNO2. The topological polar surface area (TPSA) is 49.3 Å². The van der Waals surface area contributed by atoms with E-state index in [4.69, 9.17) is 0 Å². The Morgan fingerprint density at radius 2 is 2.15 bits per heavy atom. The molecule has 1 aromatic rings. The Labute approximate surface area is 126 Å². The van der Waals surface area contributed by atoms with Crippen LogP contribution >= 0.6 is 15.9 Å². The van der Waals surface area contributed by atoms with Crippen LogP contribution < -0.4 is 5.32 Å². The monoisotopic (exact) mass is 343 g/mol. The predicted octanol–water partition coefficient (Wildman–Crippen LogP) is 3.57. The van der Waals surface area contributed by atoms with Crippen molar-refractivity contribution in [1.29, 1.82) is 0 Å². The van der Waals surface area contributed by atoms with Gasteiger partial charge in [0.05, 0.1) is 5.92 Å². The summed E-state index contributed by atoms with van der Waals surface area (Å²) in [5.74, 6) is -1.02. The standard InChI is InChI=1S/C15H19BrFNO2/c16-14-6-5-12(17)7-11(14)9-18-8-10-3-1-2-4-13(10)15(19)20/h5-7,10,13,18H,1-4,8-9H2,(H,19,20). The molecule has 0 bridgehead atoms. The van der Waals surface area contributed by atoms with Crippen molar-refractivity contribution in [2.45, 2.75) is 32.2 Å². The first-order valence-corrected chi connectivity index (χ1v) is 7.74. The molecule has 20 heavy (non-hydrogen) atoms. The van der Waals surface area contributed by atoms with Gasteiger partial charge in [-0.2, -0.15) is 0 Å². The number of carboxylic acid groups (broad SMARTS) is 1. The van der Waals surface area contributed by atoms with Gasteiger partial charge in [-0.05, 0) is 49.1 Å². The lowest BCUT2D eigenvalue weighted by molar-refractivity contribution is -0.144. The fraction of sp³-hybridized carbons (Fsp3) is 0.533. The quantitative estimate of drug-likeness (QED) is 0.859. The number of aliphatic carboxylic acids is 1. The Balaban J connectivity index is 1.88. The van der Waals surface area contributed by atoms with Gasteiger partial charge in [0.1, 0.15) is 5.82 Å². The number of carboxylic acids is 1. The first-order chi connectivity index (χ1) is 9.58. The molecule has 5 heteroatoms. The third kappa shape index (κ3) is 4.03. The summed E-state index contributed by atoms with van der Waals surface area (Å²) in [5.41, 5.74) is 0.854. The molecule has 0 heterocycles. The zero-order valence-corrected chi connectivity index (χ0v) is 12.8. The minimum Gasteiger partial charge on any atom is -0.481 e. The van der Waals surface area contributed by atoms with Gasteiger partial charge < -0.3 is 10.4 Å². The van der Waals surface area contributed by atoms with E-state index in [1.165, 1.54) is 12.1 Å². The average Bonchev–Trinajstić information content (AvgIpc) is 2.43. The maximum absolute atomic E-state index is 13.2. The molecule has 0 amide bonds. The SMILES string of the molecule is O=C(O)C1CCCCC1CNCc1cc(F)ccc1Br. The molecule has 3 nitrogen and oxygen atoms in total. The van der Waals surface area contributed by atoms with E-state index in [1.807, 2.05) is 0 Å². The van der Waals surface area contributed by atoms with E-state index >= 15 is 0 Å². The summed E-state index contributed by atoms with van der Waals surface area (Å²) in [4.78, 5) is 11.2. The highest BCUT2D eigenvalue weighted by molar-refractivity contribution is 9.10. The number of benzene rings is 1. The van der Waals surface area contributed by atoms with E-state index < -0.39 is 5.97 Å². The van der Waals surface area contributed by atoms with Crippen LogP contribution in [0.25, 0.3) is 0 Å². The summed E-state index contributed by atoms with van der Waals surface area (Å²) in [6, 6.07) is 4.59. The second kappa shape index (κ2) is 7.18. The molecule has 1 aliphatic carbocycles. The summed E-state index contributed by atoms with van der Waals surface area (Å²) in [5, 5.41) is 12.5. The fourth-order valence-electron chi connectivity index (χ4n) is 2.85. The van der Waals surface area contributed by atoms with Gasteiger partial charge in [0.2, 0.25) is 0 Å². The minimum absolute atomic E-state index is 0.175. The van der Waals surface area contributed by atoms with Crippen LogP contribution in [0, 0.1) is 17.7 Å². The van der Waals surface area contributed by atoms with Gasteiger partial charge in [0, 0.05) is 11.0 Å². The van der Waals surface area contributed by atoms with E-state index in [1.54, 1.807) is 6.07 Å². The van der Waals surface area contributed by atoms with Crippen molar-refractivity contribution < 1.29 is 14.3 Å². The molecule has 2 atom stereocenters. The Hall–Kier alpha value is -0.940. The molecule has 2 unspecified atom stereocenters. The highest BCUT2D eigenvalue weighted by Gasteiger charge is 2.30. The fourth-order valence-corrected chi connectivity index (χ4v) is 3.23. The number of rotatable bonds is 5. The predicted molar refractivity (Wildman–Crippen MR) is 78.9 cm³/mol. The van der Waals surface area contributed by atoms with E-state index in [9.17, 15) is 14.3 Å². The van der Waals surface area contributed by atoms with Crippen LogP contribution in [0.4, 0.5) is 4.39 Å². The molecule has 0 saturated heterocycles. The normalized spacial score (nSPS) is 22.7. The first-order valence-electron chi connectivity index (χ1n) is 6.95. The Morgan fingerprint density at radius 3 is 2.90 bits per heavy atom. The summed E-state index contributed by atoms with van der Waals surface area (Å²) < 4.78 is 14.0. The largest absolute Gasteiger partial charge is 0.481 e. The van der Waals surface area contributed by atoms with E-state index in [-0.39, 0.29) is 17.7 Å². The van der Waals surface area contributed by atoms with Crippen molar-refractivity contribution in [2.24, 2.45) is 11.8 Å². The summed E-state index contributed by atoms with van der Waals surface area (Å²) >= 11 is 3.39. The number of hydrogen-bond donors (Lipinski definition) is 2. The van der Waals surface area contributed by atoms with Gasteiger partial charge in [0.25, 0.3) is 0 Å². The Morgan fingerprint density at radius 1 is 1.40 bits per heavy atom. The van der Waals surface area contributed by atoms with Crippen molar-refractivity contribution in [2.75, 3.05) is 6.54 Å². The van der Waals surface area contributed by atoms with Crippen molar-refractivity contribution in [3.8, 4) is 0 Å². The van der Waals surface area contributed by atoms with Gasteiger partial charge in [-0.1, -0.05) is 28.8 Å². The maximum Gasteiger partial charge on any atom is 0.306 e. The van der Waals surface area contributed by atoms with Crippen LogP contribution in [0.15, 0.2) is 22.7 Å². The number of halogens is 2. The lowest BCUT2D eigenvalue weighted by atomic mass is 9.79. The number of carbonyl (C=O) groups is 1. The second-order valence-corrected chi connectivity index (χ2v) is 6.21. The van der Waals surface area contributed by atoms with Crippen molar-refractivity contribution in [1.82, 2.24) is 5.32 Å². The van der Waals surface area contributed by atoms with Crippen LogP contribution in [0.1, 0.15) is 31.2 Å². The first kappa shape index (κ1) is 15.4. The van der Waals surface area contributed by atoms with Gasteiger partial charge in [0.15, 0.2) is 0 Å². The van der Waals surface area contributed by atoms with Crippen molar-refractivity contribution >= 4 is 21.9 Å². The molecular weight excluding hydrogens is 325 g/mol. The zero-order chi connectivity index (χ0) is 14.5. The molecule has 1 fully saturated rings. The molecule has 0 radical (unpaired) electrons. The van der Waals surface area contributed by atoms with Gasteiger partial charge in [-0.25, -0.2) is 4.39 Å². The van der Waals surface area contributed by atoms with Crippen LogP contribution in [-0.2, 0) is 11.3 Å². The molecule has 2 N–H and O–H groups in total. The summed E-state index contributed by atoms with van der Waals surface area (Å²) in [6.45, 7) is 1.21. The van der Waals surface area contributed by atoms with Crippen LogP contribution in [0.5, 0.6) is 0 Å². The molecule has 110 valence electrons. The van der Waals surface area contributed by atoms with Crippen LogP contribution in [-0.4, -0.2) is 17.6 Å². The Kier molecular flexibility index (Phi) is 5.54. The van der Waals surface area contributed by atoms with Crippen LogP contribution in [0.2, 0.25) is 0 Å². The molecule has 0 aromatic heterocycles. The molecule has 1 aromatic carbocycles. The van der Waals surface area contributed by atoms with E-state index in [2.05, 4.69) is 21.2 Å². The van der Waals surface area contributed by atoms with E-state index in [0.29, 0.717) is 13.1 Å². The molecule has 0 spiro atoms. The van der Waals surface area contributed by atoms with Gasteiger partial charge in [-0.3, -0.25) is 4.79 Å². The van der Waals surface area contributed by atoms with E-state index in [0.717, 1.165) is 35.7 Å². The van der Waals surface area contributed by atoms with Crippen LogP contribution in [0.3, 0.4) is 0 Å². The highest BCUT2D eigenvalue weighted by Crippen LogP contribution is 2.30. The third-order valence-electron chi connectivity index (χ3n) is 3.96. The lowest BCUT2D eigenvalue weighted by Crippen LogP contribution is -2.34. The van der Waals surface area contributed by atoms with Gasteiger partial charge in [-0.15, -0.1) is 0 Å². The molecule has 1 aliphatic rings. The summed E-state index contributed by atoms with van der Waals surface area (Å²) in [7, 11) is 0. The average molecular weight is 344 g/mol. The second-order valence-electron chi connectivity index (χ2n) is 5.36. The van der Waals surface area contributed by atoms with Crippen molar-refractivity contribution in [3.63, 3.8) is 0 Å². The maximum atomic E-state index is 13.2. The third-order valence-corrected chi connectivity index (χ3v) is 4.73. The summed E-state index contributed by atoms with van der Waals surface area (Å²) in [6.07, 6.45) is 3.82. The molecule has 0 aliphatic heterocycles. The number of hydrogen-bond acceptors (Lipinski definition) is 2. The minimum atomic E-state index is -0.691. The Bertz CT molecular complexity index is 481. The lowest BCUT2D eigenvalue weighted by Gasteiger charge is -2.28. The number of nitrogens with one attached hydrogen (secondary N) is 1. The smallest absolute Gasteiger partial charge is 0.306 e. The zero-order valence-electron chi connectivity index (χ0n) is 11.2.